The Morgan fingerprint density at radius 2 is 2.47 bits per heavy atom. The molecule has 2 aromatic heterocycles. The van der Waals surface area contributed by atoms with E-state index in [1.807, 2.05) is 11.6 Å². The number of aromatic nitrogens is 2. The van der Waals surface area contributed by atoms with Crippen LogP contribution >= 0.6 is 22.9 Å². The van der Waals surface area contributed by atoms with Crippen LogP contribution in [-0.4, -0.2) is 15.3 Å². The number of primary amides is 1. The van der Waals surface area contributed by atoms with Crippen molar-refractivity contribution in [3.05, 3.63) is 22.4 Å². The molecule has 0 saturated carbocycles. The number of hydrogen-bond donors (Lipinski definition) is 2. The minimum atomic E-state index is -0.514. The normalized spacial score (nSPS) is 13.2. The predicted molar refractivity (Wildman–Crippen MR) is 58.8 cm³/mol. The molecular formula is C8H9ClN4OS. The van der Waals surface area contributed by atoms with Gasteiger partial charge in [-0.2, -0.15) is 0 Å². The van der Waals surface area contributed by atoms with Crippen molar-refractivity contribution in [2.24, 2.45) is 11.5 Å². The largest absolute Gasteiger partial charge is 0.370 e. The number of carbonyl (C=O) groups excluding carboxylic acids is 1. The molecule has 80 valence electrons. The van der Waals surface area contributed by atoms with Crippen LogP contribution in [0.5, 0.6) is 0 Å². The molecule has 0 radical (unpaired) electrons. The molecule has 1 unspecified atom stereocenters. The standard InChI is InChI=1S/C8H9ClN4OS/c9-7-6(4(10)3-5(11)14)13-1-2-15-8(13)12-7/h1-2,4H,3,10H2,(H2,11,14). The number of carbonyl (C=O) groups is 1. The first-order valence-corrected chi connectivity index (χ1v) is 5.50. The van der Waals surface area contributed by atoms with Gasteiger partial charge in [-0.1, -0.05) is 11.6 Å². The van der Waals surface area contributed by atoms with Crippen LogP contribution in [0.2, 0.25) is 5.15 Å². The molecular weight excluding hydrogens is 236 g/mol. The molecule has 2 heterocycles. The predicted octanol–water partition coefficient (Wildman–Crippen LogP) is 0.924. The lowest BCUT2D eigenvalue weighted by Gasteiger charge is -2.08. The molecule has 0 fully saturated rings. The Bertz CT molecular complexity index is 506. The van der Waals surface area contributed by atoms with E-state index < -0.39 is 11.9 Å². The van der Waals surface area contributed by atoms with Gasteiger partial charge in [0.05, 0.1) is 11.7 Å². The van der Waals surface area contributed by atoms with Crippen molar-refractivity contribution >= 4 is 33.8 Å². The second-order valence-electron chi connectivity index (χ2n) is 3.12. The number of imidazole rings is 1. The zero-order valence-electron chi connectivity index (χ0n) is 7.68. The number of hydrogen-bond acceptors (Lipinski definition) is 4. The fourth-order valence-electron chi connectivity index (χ4n) is 1.42. The average Bonchev–Trinajstić information content (AvgIpc) is 2.60. The van der Waals surface area contributed by atoms with E-state index in [-0.39, 0.29) is 6.42 Å². The summed E-state index contributed by atoms with van der Waals surface area (Å²) < 4.78 is 1.78. The highest BCUT2D eigenvalue weighted by Crippen LogP contribution is 2.26. The van der Waals surface area contributed by atoms with Crippen molar-refractivity contribution in [1.29, 1.82) is 0 Å². The van der Waals surface area contributed by atoms with Gasteiger partial charge in [-0.25, -0.2) is 4.98 Å². The first kappa shape index (κ1) is 10.4. The van der Waals surface area contributed by atoms with Crippen LogP contribution < -0.4 is 11.5 Å². The monoisotopic (exact) mass is 244 g/mol. The minimum Gasteiger partial charge on any atom is -0.370 e. The van der Waals surface area contributed by atoms with E-state index in [1.165, 1.54) is 11.3 Å². The van der Waals surface area contributed by atoms with Gasteiger partial charge in [0.25, 0.3) is 0 Å². The quantitative estimate of drug-likeness (QED) is 0.842. The Labute approximate surface area is 94.6 Å². The van der Waals surface area contributed by atoms with Gasteiger partial charge in [0.1, 0.15) is 0 Å². The fraction of sp³-hybridized carbons (Fsp3) is 0.250. The molecule has 0 bridgehead atoms. The van der Waals surface area contributed by atoms with Crippen LogP contribution in [0.25, 0.3) is 4.96 Å². The summed E-state index contributed by atoms with van der Waals surface area (Å²) in [6.45, 7) is 0. The van der Waals surface area contributed by atoms with E-state index in [0.29, 0.717) is 10.8 Å². The molecule has 4 N–H and O–H groups in total. The summed E-state index contributed by atoms with van der Waals surface area (Å²) in [5.74, 6) is -0.455. The highest BCUT2D eigenvalue weighted by molar-refractivity contribution is 7.15. The molecule has 5 nitrogen and oxygen atoms in total. The lowest BCUT2D eigenvalue weighted by molar-refractivity contribution is -0.118. The van der Waals surface area contributed by atoms with E-state index >= 15 is 0 Å². The van der Waals surface area contributed by atoms with Gasteiger partial charge >= 0.3 is 0 Å². The Hall–Kier alpha value is -1.11. The second kappa shape index (κ2) is 3.80. The first-order valence-electron chi connectivity index (χ1n) is 4.24. The Balaban J connectivity index is 2.44. The average molecular weight is 245 g/mol. The number of amides is 1. The molecule has 2 aromatic rings. The number of nitrogens with two attached hydrogens (primary N) is 2. The Morgan fingerprint density at radius 3 is 3.13 bits per heavy atom. The van der Waals surface area contributed by atoms with Gasteiger partial charge in [-0.3, -0.25) is 9.20 Å². The zero-order valence-corrected chi connectivity index (χ0v) is 9.26. The van der Waals surface area contributed by atoms with Gasteiger partial charge < -0.3 is 11.5 Å². The molecule has 0 aromatic carbocycles. The van der Waals surface area contributed by atoms with Crippen molar-refractivity contribution in [3.8, 4) is 0 Å². The fourth-order valence-corrected chi connectivity index (χ4v) is 2.50. The molecule has 0 aliphatic carbocycles. The molecule has 15 heavy (non-hydrogen) atoms. The molecule has 0 spiro atoms. The van der Waals surface area contributed by atoms with Crippen LogP contribution in [0.4, 0.5) is 0 Å². The van der Waals surface area contributed by atoms with Gasteiger partial charge in [0.15, 0.2) is 10.1 Å². The topological polar surface area (TPSA) is 86.4 Å². The van der Waals surface area contributed by atoms with E-state index in [2.05, 4.69) is 4.98 Å². The van der Waals surface area contributed by atoms with Gasteiger partial charge in [-0.05, 0) is 0 Å². The number of halogens is 1. The number of thiazole rings is 1. The van der Waals surface area contributed by atoms with Crippen LogP contribution in [0.15, 0.2) is 11.6 Å². The number of fused-ring (bicyclic) bond motifs is 1. The van der Waals surface area contributed by atoms with Crippen molar-refractivity contribution in [2.45, 2.75) is 12.5 Å². The number of rotatable bonds is 3. The summed E-state index contributed by atoms with van der Waals surface area (Å²) in [4.78, 5) is 15.6. The van der Waals surface area contributed by atoms with Crippen molar-refractivity contribution in [3.63, 3.8) is 0 Å². The third kappa shape index (κ3) is 1.83. The van der Waals surface area contributed by atoms with Crippen LogP contribution in [0.1, 0.15) is 18.2 Å². The van der Waals surface area contributed by atoms with E-state index in [0.717, 1.165) is 4.96 Å². The maximum atomic E-state index is 10.8. The van der Waals surface area contributed by atoms with Crippen molar-refractivity contribution in [2.75, 3.05) is 0 Å². The summed E-state index contributed by atoms with van der Waals surface area (Å²) in [6, 6.07) is -0.514. The lowest BCUT2D eigenvalue weighted by Crippen LogP contribution is -2.21. The second-order valence-corrected chi connectivity index (χ2v) is 4.35. The van der Waals surface area contributed by atoms with Gasteiger partial charge in [0.2, 0.25) is 5.91 Å². The molecule has 0 aliphatic rings. The highest BCUT2D eigenvalue weighted by Gasteiger charge is 2.19. The Kier molecular flexibility index (Phi) is 2.64. The van der Waals surface area contributed by atoms with E-state index in [4.69, 9.17) is 23.1 Å². The summed E-state index contributed by atoms with van der Waals surface area (Å²) >= 11 is 7.38. The summed E-state index contributed by atoms with van der Waals surface area (Å²) in [5, 5.41) is 2.20. The molecule has 0 saturated heterocycles. The van der Waals surface area contributed by atoms with Crippen LogP contribution in [0.3, 0.4) is 0 Å². The number of nitrogens with zero attached hydrogens (tertiary/aromatic N) is 2. The maximum absolute atomic E-state index is 10.8. The SMILES string of the molecule is NC(=O)CC(N)c1c(Cl)nc2sccn12. The maximum Gasteiger partial charge on any atom is 0.219 e. The summed E-state index contributed by atoms with van der Waals surface area (Å²) in [7, 11) is 0. The minimum absolute atomic E-state index is 0.0589. The van der Waals surface area contributed by atoms with Crippen molar-refractivity contribution in [1.82, 2.24) is 9.38 Å². The first-order chi connectivity index (χ1) is 7.09. The van der Waals surface area contributed by atoms with E-state index in [9.17, 15) is 4.79 Å². The van der Waals surface area contributed by atoms with Crippen LogP contribution in [0, 0.1) is 0 Å². The summed E-state index contributed by atoms with van der Waals surface area (Å²) in [5.41, 5.74) is 11.5. The molecule has 0 aliphatic heterocycles. The third-order valence-electron chi connectivity index (χ3n) is 2.03. The molecule has 7 heteroatoms. The third-order valence-corrected chi connectivity index (χ3v) is 3.06. The molecule has 2 rings (SSSR count). The summed E-state index contributed by atoms with van der Waals surface area (Å²) in [6.07, 6.45) is 1.87. The van der Waals surface area contributed by atoms with Crippen molar-refractivity contribution < 1.29 is 4.79 Å². The zero-order chi connectivity index (χ0) is 11.0. The molecule has 1 amide bonds. The van der Waals surface area contributed by atoms with Crippen LogP contribution in [-0.2, 0) is 4.79 Å². The molecule has 1 atom stereocenters. The highest BCUT2D eigenvalue weighted by atomic mass is 35.5. The van der Waals surface area contributed by atoms with E-state index in [1.54, 1.807) is 4.40 Å². The lowest BCUT2D eigenvalue weighted by atomic mass is 10.1. The Morgan fingerprint density at radius 1 is 1.73 bits per heavy atom. The van der Waals surface area contributed by atoms with Gasteiger partial charge in [-0.15, -0.1) is 11.3 Å². The smallest absolute Gasteiger partial charge is 0.219 e. The van der Waals surface area contributed by atoms with Gasteiger partial charge in [0, 0.05) is 18.0 Å².